The number of primary amides is 1. The van der Waals surface area contributed by atoms with Crippen molar-refractivity contribution in [3.63, 3.8) is 0 Å². The summed E-state index contributed by atoms with van der Waals surface area (Å²) in [6, 6.07) is 4.09. The summed E-state index contributed by atoms with van der Waals surface area (Å²) in [5, 5.41) is 24.4. The molecule has 2 heterocycles. The largest absolute Gasteiger partial charge is 0.445 e. The van der Waals surface area contributed by atoms with E-state index < -0.39 is 36.0 Å². The smallest absolute Gasteiger partial charge is 0.410 e. The average Bonchev–Trinajstić information content (AvgIpc) is 3.79. The molecule has 1 aromatic rings. The Morgan fingerprint density at radius 2 is 1.65 bits per heavy atom. The molecule has 21 heteroatoms. The number of unbranched alkanes of at least 4 members (excludes halogenated alkanes) is 2. The van der Waals surface area contributed by atoms with Crippen molar-refractivity contribution in [1.82, 2.24) is 31.1 Å². The number of aliphatic hydroxyl groups is 1. The van der Waals surface area contributed by atoms with Crippen molar-refractivity contribution in [2.75, 3.05) is 51.8 Å². The van der Waals surface area contributed by atoms with Gasteiger partial charge in [-0.1, -0.05) is 53.2 Å². The van der Waals surface area contributed by atoms with Crippen molar-refractivity contribution in [3.05, 3.63) is 53.9 Å². The Balaban J connectivity index is 1.30. The van der Waals surface area contributed by atoms with Gasteiger partial charge in [-0.15, -0.1) is 0 Å². The number of methoxy groups -OCH3 is 1. The summed E-state index contributed by atoms with van der Waals surface area (Å²) >= 11 is 0. The zero-order chi connectivity index (χ0) is 52.8. The third-order valence-electron chi connectivity index (χ3n) is 13.5. The number of nitrogens with two attached hydrogens (primary N) is 2. The second-order valence-electron chi connectivity index (χ2n) is 20.8. The van der Waals surface area contributed by atoms with Crippen LogP contribution in [0.1, 0.15) is 117 Å². The summed E-state index contributed by atoms with van der Waals surface area (Å²) in [6.07, 6.45) is 10.2. The number of hydrogen-bond acceptors (Lipinski definition) is 13. The summed E-state index contributed by atoms with van der Waals surface area (Å²) in [5.74, 6) is -1.78. The lowest BCUT2D eigenvalue weighted by atomic mass is 9.53. The number of amides is 8. The molecule has 72 heavy (non-hydrogen) atoms. The van der Waals surface area contributed by atoms with Gasteiger partial charge in [0.1, 0.15) is 18.7 Å². The number of urea groups is 1. The number of allylic oxidation sites excluding steroid dienone is 1. The van der Waals surface area contributed by atoms with Gasteiger partial charge in [0.2, 0.25) is 17.7 Å². The standard InChI is InChI=1S/C51H82BN9O11/c1-33(2)46(59-43(63)14-8-7-9-23-61-44(64)19-20-45(61)65)48(67)58-40(13-10-21-56-49(54)68)47(66)57-38-17-15-35(16-18-38)32-72-50(69)60(24-25-71-41-29-51(4,5)28-34(41)3)22-11-12-37(53)31-55-30-36-26-39(62)27-42(52-36)70-6/h15-20,31,33-34,36,39-42,46,52,55,62H,7-14,21-30,32,53H2,1-6H3,(H,57,66)(H,58,67)(H,59,63)(H3,54,56,68)/b37-31-/t34?,36?,39?,40?,41?,42?,46-/m0/s1. The topological polar surface area (TPSA) is 286 Å². The van der Waals surface area contributed by atoms with E-state index in [4.69, 9.17) is 25.7 Å². The minimum Gasteiger partial charge on any atom is -0.445 e. The van der Waals surface area contributed by atoms with Gasteiger partial charge in [0.05, 0.1) is 18.8 Å². The SMILES string of the molecule is COC1BC(CN/C=C(\N)CCCN(CCOC2CC(C)(C)CC2C)C(=O)OCc2ccc(NC(=O)C(CCCNC(N)=O)NC(=O)[C@@H](NC(=O)CCCCCN3C(=O)C=CC3=O)C(C)C)cc2)CC(O)C1. The molecule has 400 valence electrons. The molecule has 6 unspecified atom stereocenters. The predicted octanol–water partition coefficient (Wildman–Crippen LogP) is 3.49. The fourth-order valence-electron chi connectivity index (χ4n) is 9.64. The Morgan fingerprint density at radius 3 is 2.31 bits per heavy atom. The van der Waals surface area contributed by atoms with Crippen molar-refractivity contribution in [3.8, 4) is 0 Å². The number of anilines is 1. The second-order valence-corrected chi connectivity index (χ2v) is 20.8. The van der Waals surface area contributed by atoms with Crippen LogP contribution in [0, 0.1) is 17.3 Å². The molecule has 10 N–H and O–H groups in total. The lowest BCUT2D eigenvalue weighted by molar-refractivity contribution is -0.137. The number of imide groups is 1. The number of hydrogen-bond donors (Lipinski definition) is 8. The molecule has 2 fully saturated rings. The van der Waals surface area contributed by atoms with E-state index in [-0.39, 0.29) is 85.6 Å². The molecule has 0 radical (unpaired) electrons. The fraction of sp³-hybridized carbons (Fsp3) is 0.667. The molecular formula is C51H82BN9O11. The number of rotatable bonds is 30. The maximum absolute atomic E-state index is 13.7. The van der Waals surface area contributed by atoms with Gasteiger partial charge in [-0.3, -0.25) is 28.9 Å². The van der Waals surface area contributed by atoms with Crippen molar-refractivity contribution >= 4 is 54.6 Å². The summed E-state index contributed by atoms with van der Waals surface area (Å²) in [5.41, 5.74) is 13.5. The van der Waals surface area contributed by atoms with Crippen LogP contribution in [-0.4, -0.2) is 141 Å². The molecular weight excluding hydrogens is 925 g/mol. The number of aliphatic hydroxyl groups excluding tert-OH is 1. The third-order valence-corrected chi connectivity index (χ3v) is 13.5. The molecule has 20 nitrogen and oxygen atoms in total. The van der Waals surface area contributed by atoms with E-state index in [1.807, 2.05) is 0 Å². The van der Waals surface area contributed by atoms with E-state index in [9.17, 15) is 38.7 Å². The maximum Gasteiger partial charge on any atom is 0.410 e. The quantitative estimate of drug-likeness (QED) is 0.0312. The number of nitrogens with one attached hydrogen (secondary N) is 5. The Morgan fingerprint density at radius 1 is 0.931 bits per heavy atom. The molecule has 4 rings (SSSR count). The van der Waals surface area contributed by atoms with E-state index >= 15 is 0 Å². The molecule has 7 atom stereocenters. The lowest BCUT2D eigenvalue weighted by Gasteiger charge is -2.30. The minimum absolute atomic E-state index is 0.0315. The first-order chi connectivity index (χ1) is 34.2. The normalized spacial score (nSPS) is 21.4. The number of carbonyl (C=O) groups excluding carboxylic acids is 7. The van der Waals surface area contributed by atoms with Crippen LogP contribution in [0.4, 0.5) is 15.3 Å². The zero-order valence-corrected chi connectivity index (χ0v) is 43.4. The van der Waals surface area contributed by atoms with Gasteiger partial charge in [-0.2, -0.15) is 0 Å². The monoisotopic (exact) mass is 1010 g/mol. The molecule has 1 saturated carbocycles. The predicted molar refractivity (Wildman–Crippen MR) is 275 cm³/mol. The highest BCUT2D eigenvalue weighted by Crippen LogP contribution is 2.42. The first-order valence-corrected chi connectivity index (χ1v) is 25.7. The van der Waals surface area contributed by atoms with Gasteiger partial charge in [-0.25, -0.2) is 9.59 Å². The highest BCUT2D eigenvalue weighted by molar-refractivity contribution is 6.39. The van der Waals surface area contributed by atoms with Crippen LogP contribution in [-0.2, 0) is 44.8 Å². The first-order valence-electron chi connectivity index (χ1n) is 25.7. The van der Waals surface area contributed by atoms with E-state index in [2.05, 4.69) is 47.4 Å². The van der Waals surface area contributed by atoms with Gasteiger partial charge >= 0.3 is 12.1 Å². The lowest BCUT2D eigenvalue weighted by Crippen LogP contribution is -2.54. The van der Waals surface area contributed by atoms with Crippen molar-refractivity contribution in [1.29, 1.82) is 0 Å². The van der Waals surface area contributed by atoms with Crippen LogP contribution in [0.25, 0.3) is 0 Å². The van der Waals surface area contributed by atoms with Crippen LogP contribution >= 0.6 is 0 Å². The number of nitrogens with zero attached hydrogens (tertiary/aromatic N) is 2. The second kappa shape index (κ2) is 29.8. The highest BCUT2D eigenvalue weighted by atomic mass is 16.6. The van der Waals surface area contributed by atoms with E-state index in [1.54, 1.807) is 56.3 Å². The zero-order valence-electron chi connectivity index (χ0n) is 43.4. The summed E-state index contributed by atoms with van der Waals surface area (Å²) < 4.78 is 17.6. The average molecular weight is 1010 g/mol. The fourth-order valence-corrected chi connectivity index (χ4v) is 9.64. The molecule has 0 spiro atoms. The Labute approximate surface area is 426 Å². The number of ether oxygens (including phenoxy) is 3. The number of benzene rings is 1. The van der Waals surface area contributed by atoms with Crippen molar-refractivity contribution in [2.45, 2.75) is 154 Å². The van der Waals surface area contributed by atoms with Crippen LogP contribution in [0.15, 0.2) is 48.3 Å². The highest BCUT2D eigenvalue weighted by Gasteiger charge is 2.37. The minimum atomic E-state index is -1.04. The van der Waals surface area contributed by atoms with Crippen LogP contribution in [0.2, 0.25) is 5.82 Å². The van der Waals surface area contributed by atoms with Gasteiger partial charge in [0.15, 0.2) is 7.28 Å². The Bertz CT molecular complexity index is 2000. The van der Waals surface area contributed by atoms with Gasteiger partial charge in [0.25, 0.3) is 11.8 Å². The number of carbonyl (C=O) groups is 7. The summed E-state index contributed by atoms with van der Waals surface area (Å²) in [7, 11) is 2.54. The molecule has 8 amide bonds. The molecule has 1 aromatic carbocycles. The first kappa shape index (κ1) is 58.9. The summed E-state index contributed by atoms with van der Waals surface area (Å²) in [6.45, 7) is 12.4. The molecule has 1 saturated heterocycles. The van der Waals surface area contributed by atoms with Gasteiger partial charge < -0.3 is 62.3 Å². The molecule has 3 aliphatic rings. The molecule has 2 aliphatic heterocycles. The van der Waals surface area contributed by atoms with Crippen LogP contribution < -0.4 is 38.1 Å². The van der Waals surface area contributed by atoms with Crippen molar-refractivity contribution in [2.24, 2.45) is 28.7 Å². The van der Waals surface area contributed by atoms with Crippen LogP contribution in [0.5, 0.6) is 0 Å². The Kier molecular flexibility index (Phi) is 24.3. The Hall–Kier alpha value is -5.67. The molecule has 0 aromatic heterocycles. The van der Waals surface area contributed by atoms with Gasteiger partial charge in [0, 0.05) is 82.0 Å². The van der Waals surface area contributed by atoms with E-state index in [0.29, 0.717) is 100 Å². The third kappa shape index (κ3) is 20.8. The van der Waals surface area contributed by atoms with E-state index in [1.165, 1.54) is 12.2 Å². The van der Waals surface area contributed by atoms with Crippen LogP contribution in [0.3, 0.4) is 0 Å². The van der Waals surface area contributed by atoms with Gasteiger partial charge in [-0.05, 0) is 105 Å². The maximum atomic E-state index is 13.7. The summed E-state index contributed by atoms with van der Waals surface area (Å²) in [4.78, 5) is 91.6. The molecule has 0 bridgehead atoms. The van der Waals surface area contributed by atoms with E-state index in [0.717, 1.165) is 25.0 Å². The molecule has 1 aliphatic carbocycles. The van der Waals surface area contributed by atoms with Crippen molar-refractivity contribution < 1.29 is 52.9 Å².